The monoisotopic (exact) mass is 315 g/mol. The second-order valence-electron chi connectivity index (χ2n) is 6.28. The maximum Gasteiger partial charge on any atom is 0.456 e. The molecule has 0 aromatic carbocycles. The predicted molar refractivity (Wildman–Crippen MR) is 75.8 cm³/mol. The molecule has 1 atom stereocenters. The Morgan fingerprint density at radius 3 is 2.55 bits per heavy atom. The summed E-state index contributed by atoms with van der Waals surface area (Å²) in [7, 11) is 2.03. The van der Waals surface area contributed by atoms with Crippen LogP contribution in [0, 0.1) is 0 Å². The fourth-order valence-corrected chi connectivity index (χ4v) is 3.85. The number of likely N-dealkylation sites (N-methyl/N-ethyl adjacent to an activating group) is 1. The summed E-state index contributed by atoms with van der Waals surface area (Å²) in [6.07, 6.45) is -3.17. The number of alkyl halides is 3. The first-order chi connectivity index (χ1) is 10.3. The highest BCUT2D eigenvalue weighted by atomic mass is 19.4. The lowest BCUT2D eigenvalue weighted by Gasteiger charge is -2.51. The number of hydrogen-bond acceptors (Lipinski definition) is 3. The summed E-state index contributed by atoms with van der Waals surface area (Å²) < 4.78 is 40.0. The Morgan fingerprint density at radius 1 is 1.32 bits per heavy atom. The van der Waals surface area contributed by atoms with Gasteiger partial charge in [-0.05, 0) is 52.0 Å². The molecule has 1 aromatic rings. The van der Waals surface area contributed by atoms with Gasteiger partial charge in [0.05, 0.1) is 11.2 Å². The highest BCUT2D eigenvalue weighted by Crippen LogP contribution is 2.42. The minimum absolute atomic E-state index is 0.0813. The fraction of sp³-hybridized carbons (Fsp3) is 0.667. The van der Waals surface area contributed by atoms with E-state index >= 15 is 0 Å². The van der Waals surface area contributed by atoms with E-state index in [4.69, 9.17) is 0 Å². The van der Waals surface area contributed by atoms with Crippen molar-refractivity contribution < 1.29 is 18.0 Å². The van der Waals surface area contributed by atoms with Gasteiger partial charge >= 0.3 is 6.18 Å². The van der Waals surface area contributed by atoms with Crippen LogP contribution >= 0.6 is 0 Å². The Kier molecular flexibility index (Phi) is 3.60. The molecule has 22 heavy (non-hydrogen) atoms. The third-order valence-electron chi connectivity index (χ3n) is 5.16. The standard InChI is InChI=1S/C15H20F3N3O/c1-10-9-21-11(13(22)15(16,17)18)3-4-12(21)14(20(10)2)5-7-19-8-6-14/h3-4,10,19H,5-9H2,1-2H3/t10-/m0/s1. The first-order valence-corrected chi connectivity index (χ1v) is 7.52. The zero-order valence-electron chi connectivity index (χ0n) is 12.7. The quantitative estimate of drug-likeness (QED) is 0.807. The number of carbonyl (C=O) groups excluding carboxylic acids is 1. The molecule has 0 saturated carbocycles. The van der Waals surface area contributed by atoms with Crippen LogP contribution in [0.3, 0.4) is 0 Å². The van der Waals surface area contributed by atoms with E-state index in [2.05, 4.69) is 10.2 Å². The molecule has 2 aliphatic rings. The molecule has 0 radical (unpaired) electrons. The van der Waals surface area contributed by atoms with Gasteiger partial charge in [-0.15, -0.1) is 0 Å². The van der Waals surface area contributed by atoms with E-state index in [1.54, 1.807) is 10.6 Å². The average molecular weight is 315 g/mol. The number of aromatic nitrogens is 1. The molecular formula is C15H20F3N3O. The molecule has 2 aliphatic heterocycles. The summed E-state index contributed by atoms with van der Waals surface area (Å²) in [6.45, 7) is 4.05. The van der Waals surface area contributed by atoms with Gasteiger partial charge in [-0.25, -0.2) is 0 Å². The lowest BCUT2D eigenvalue weighted by Crippen LogP contribution is -2.58. The number of piperidine rings is 1. The molecule has 1 N–H and O–H groups in total. The summed E-state index contributed by atoms with van der Waals surface area (Å²) in [5.41, 5.74) is 0.315. The number of halogens is 3. The minimum atomic E-state index is -4.83. The van der Waals surface area contributed by atoms with E-state index in [9.17, 15) is 18.0 Å². The molecule has 0 unspecified atom stereocenters. The SMILES string of the molecule is C[C@H]1Cn2c(C(=O)C(F)(F)F)ccc2C2(CCNCC2)N1C. The van der Waals surface area contributed by atoms with Crippen molar-refractivity contribution in [2.45, 2.75) is 44.1 Å². The third-order valence-corrected chi connectivity index (χ3v) is 5.16. The number of nitrogens with zero attached hydrogens (tertiary/aromatic N) is 2. The van der Waals surface area contributed by atoms with E-state index in [0.717, 1.165) is 31.6 Å². The van der Waals surface area contributed by atoms with Gasteiger partial charge in [-0.3, -0.25) is 9.69 Å². The van der Waals surface area contributed by atoms with E-state index in [1.807, 2.05) is 14.0 Å². The average Bonchev–Trinajstić information content (AvgIpc) is 2.88. The lowest BCUT2D eigenvalue weighted by molar-refractivity contribution is -0.0893. The molecule has 1 aromatic heterocycles. The molecule has 0 amide bonds. The van der Waals surface area contributed by atoms with Crippen LogP contribution in [0.5, 0.6) is 0 Å². The highest BCUT2D eigenvalue weighted by molar-refractivity contribution is 5.99. The van der Waals surface area contributed by atoms with Crippen LogP contribution in [-0.2, 0) is 12.1 Å². The molecular weight excluding hydrogens is 295 g/mol. The lowest BCUT2D eigenvalue weighted by atomic mass is 9.81. The zero-order chi connectivity index (χ0) is 16.1. The highest BCUT2D eigenvalue weighted by Gasteiger charge is 2.48. The number of hydrogen-bond donors (Lipinski definition) is 1. The third kappa shape index (κ3) is 2.18. The summed E-state index contributed by atoms with van der Waals surface area (Å²) in [5.74, 6) is -1.75. The number of nitrogens with one attached hydrogen (secondary N) is 1. The molecule has 0 aliphatic carbocycles. The molecule has 122 valence electrons. The van der Waals surface area contributed by atoms with Crippen LogP contribution < -0.4 is 5.32 Å². The van der Waals surface area contributed by atoms with E-state index < -0.39 is 12.0 Å². The summed E-state index contributed by atoms with van der Waals surface area (Å²) in [6, 6.07) is 3.12. The van der Waals surface area contributed by atoms with Gasteiger partial charge in [0.15, 0.2) is 0 Å². The Labute approximate surface area is 127 Å². The van der Waals surface area contributed by atoms with Gasteiger partial charge in [-0.2, -0.15) is 13.2 Å². The predicted octanol–water partition coefficient (Wildman–Crippen LogP) is 2.15. The van der Waals surface area contributed by atoms with Gasteiger partial charge in [0.2, 0.25) is 0 Å². The Bertz CT molecular complexity index is 587. The van der Waals surface area contributed by atoms with E-state index in [0.29, 0.717) is 6.54 Å². The van der Waals surface area contributed by atoms with Crippen LogP contribution in [0.15, 0.2) is 12.1 Å². The molecule has 3 heterocycles. The van der Waals surface area contributed by atoms with Crippen LogP contribution in [0.4, 0.5) is 13.2 Å². The van der Waals surface area contributed by atoms with Crippen molar-refractivity contribution in [1.29, 1.82) is 0 Å². The fourth-order valence-electron chi connectivity index (χ4n) is 3.85. The first kappa shape index (κ1) is 15.6. The van der Waals surface area contributed by atoms with Crippen LogP contribution in [0.2, 0.25) is 0 Å². The Balaban J connectivity index is 2.09. The zero-order valence-corrected chi connectivity index (χ0v) is 12.7. The smallest absolute Gasteiger partial charge is 0.339 e. The molecule has 1 saturated heterocycles. The van der Waals surface area contributed by atoms with Gasteiger partial charge in [0.1, 0.15) is 0 Å². The number of Topliss-reactive ketones (excluding diaryl/α,β-unsaturated/α-hetero) is 1. The molecule has 1 fully saturated rings. The van der Waals surface area contributed by atoms with Crippen molar-refractivity contribution in [2.75, 3.05) is 20.1 Å². The minimum Gasteiger partial charge on any atom is -0.339 e. The number of ketones is 1. The first-order valence-electron chi connectivity index (χ1n) is 7.52. The van der Waals surface area contributed by atoms with Gasteiger partial charge in [0, 0.05) is 18.3 Å². The second kappa shape index (κ2) is 5.09. The number of fused-ring (bicyclic) bond motifs is 2. The largest absolute Gasteiger partial charge is 0.456 e. The van der Waals surface area contributed by atoms with E-state index in [-0.39, 0.29) is 17.3 Å². The van der Waals surface area contributed by atoms with Crippen molar-refractivity contribution >= 4 is 5.78 Å². The Hall–Kier alpha value is -1.34. The van der Waals surface area contributed by atoms with Gasteiger partial charge < -0.3 is 9.88 Å². The van der Waals surface area contributed by atoms with Crippen molar-refractivity contribution in [3.8, 4) is 0 Å². The maximum absolute atomic E-state index is 12.8. The molecule has 0 bridgehead atoms. The normalized spacial score (nSPS) is 25.2. The molecule has 4 nitrogen and oxygen atoms in total. The van der Waals surface area contributed by atoms with Crippen LogP contribution in [-0.4, -0.2) is 47.6 Å². The number of rotatable bonds is 1. The summed E-state index contributed by atoms with van der Waals surface area (Å²) >= 11 is 0. The van der Waals surface area contributed by atoms with E-state index in [1.165, 1.54) is 6.07 Å². The Morgan fingerprint density at radius 2 is 1.95 bits per heavy atom. The summed E-state index contributed by atoms with van der Waals surface area (Å²) in [5, 5.41) is 3.29. The summed E-state index contributed by atoms with van der Waals surface area (Å²) in [4.78, 5) is 13.9. The van der Waals surface area contributed by atoms with Crippen LogP contribution in [0.1, 0.15) is 35.9 Å². The van der Waals surface area contributed by atoms with Crippen LogP contribution in [0.25, 0.3) is 0 Å². The van der Waals surface area contributed by atoms with Crippen molar-refractivity contribution in [2.24, 2.45) is 0 Å². The maximum atomic E-state index is 12.8. The van der Waals surface area contributed by atoms with Crippen molar-refractivity contribution in [3.63, 3.8) is 0 Å². The number of carbonyl (C=O) groups is 1. The van der Waals surface area contributed by atoms with Crippen molar-refractivity contribution in [3.05, 3.63) is 23.5 Å². The molecule has 3 rings (SSSR count). The molecule has 1 spiro atoms. The van der Waals surface area contributed by atoms with Crippen molar-refractivity contribution in [1.82, 2.24) is 14.8 Å². The van der Waals surface area contributed by atoms with Gasteiger partial charge in [-0.1, -0.05) is 0 Å². The van der Waals surface area contributed by atoms with Gasteiger partial charge in [0.25, 0.3) is 5.78 Å². The molecule has 7 heteroatoms. The second-order valence-corrected chi connectivity index (χ2v) is 6.28. The topological polar surface area (TPSA) is 37.3 Å².